The second-order valence-electron chi connectivity index (χ2n) is 4.87. The molecule has 6 nitrogen and oxygen atoms in total. The maximum atomic E-state index is 11.0. The van der Waals surface area contributed by atoms with E-state index in [1.807, 2.05) is 38.1 Å². The molecule has 1 heterocycles. The van der Waals surface area contributed by atoms with Crippen LogP contribution >= 0.6 is 22.6 Å². The van der Waals surface area contributed by atoms with Crippen LogP contribution in [0.1, 0.15) is 26.3 Å². The smallest absolute Gasteiger partial charge is 0.305 e. The van der Waals surface area contributed by atoms with Gasteiger partial charge >= 0.3 is 5.97 Å². The van der Waals surface area contributed by atoms with E-state index < -0.39 is 5.97 Å². The summed E-state index contributed by atoms with van der Waals surface area (Å²) in [6, 6.07) is 7.53. The molecular formula is C13H15IN4O2. The number of carboxylic acids is 1. The average Bonchev–Trinajstić information content (AvgIpc) is 2.84. The van der Waals surface area contributed by atoms with Crippen LogP contribution in [0.3, 0.4) is 0 Å². The van der Waals surface area contributed by atoms with Crippen LogP contribution in [0.25, 0.3) is 11.4 Å². The molecule has 1 atom stereocenters. The number of aromatic nitrogens is 4. The molecule has 2 rings (SSSR count). The van der Waals surface area contributed by atoms with Crippen LogP contribution in [0.15, 0.2) is 24.3 Å². The molecule has 0 aliphatic carbocycles. The van der Waals surface area contributed by atoms with Crippen molar-refractivity contribution < 1.29 is 9.90 Å². The van der Waals surface area contributed by atoms with Crippen molar-refractivity contribution >= 4 is 28.6 Å². The summed E-state index contributed by atoms with van der Waals surface area (Å²) in [5.74, 6) is -0.132. The molecule has 0 amide bonds. The summed E-state index contributed by atoms with van der Waals surface area (Å²) in [6.45, 7) is 3.93. The zero-order valence-corrected chi connectivity index (χ0v) is 13.4. The normalized spacial score (nSPS) is 12.6. The van der Waals surface area contributed by atoms with Gasteiger partial charge in [-0.2, -0.15) is 0 Å². The van der Waals surface area contributed by atoms with Crippen molar-refractivity contribution in [2.75, 3.05) is 0 Å². The van der Waals surface area contributed by atoms with E-state index in [1.54, 1.807) is 4.68 Å². The first-order valence-electron chi connectivity index (χ1n) is 6.24. The lowest BCUT2D eigenvalue weighted by Crippen LogP contribution is -2.21. The van der Waals surface area contributed by atoms with Crippen LogP contribution in [0.5, 0.6) is 0 Å². The number of hydrogen-bond acceptors (Lipinski definition) is 4. The summed E-state index contributed by atoms with van der Waals surface area (Å²) in [6.07, 6.45) is -0.000365. The first-order valence-corrected chi connectivity index (χ1v) is 7.32. The van der Waals surface area contributed by atoms with Crippen LogP contribution in [0, 0.1) is 9.49 Å². The molecule has 1 N–H and O–H groups in total. The van der Waals surface area contributed by atoms with Gasteiger partial charge in [0.05, 0.1) is 12.5 Å². The van der Waals surface area contributed by atoms with Gasteiger partial charge in [-0.05, 0) is 51.1 Å². The van der Waals surface area contributed by atoms with Gasteiger partial charge in [0.25, 0.3) is 0 Å². The molecule has 1 aromatic heterocycles. The topological polar surface area (TPSA) is 80.9 Å². The summed E-state index contributed by atoms with van der Waals surface area (Å²) >= 11 is 2.22. The summed E-state index contributed by atoms with van der Waals surface area (Å²) in [7, 11) is 0. The monoisotopic (exact) mass is 386 g/mol. The highest BCUT2D eigenvalue weighted by atomic mass is 127. The molecule has 0 saturated carbocycles. The second-order valence-corrected chi connectivity index (χ2v) is 6.11. The van der Waals surface area contributed by atoms with Gasteiger partial charge in [0.1, 0.15) is 0 Å². The molecule has 20 heavy (non-hydrogen) atoms. The van der Waals surface area contributed by atoms with E-state index in [4.69, 9.17) is 5.11 Å². The molecule has 7 heteroatoms. The predicted molar refractivity (Wildman–Crippen MR) is 82.1 cm³/mol. The van der Waals surface area contributed by atoms with Gasteiger partial charge in [0, 0.05) is 9.13 Å². The molecule has 2 aromatic rings. The minimum Gasteiger partial charge on any atom is -0.481 e. The molecular weight excluding hydrogens is 371 g/mol. The van der Waals surface area contributed by atoms with Gasteiger partial charge in [0.2, 0.25) is 0 Å². The van der Waals surface area contributed by atoms with Gasteiger partial charge in [0.15, 0.2) is 5.82 Å². The average molecular weight is 386 g/mol. The van der Waals surface area contributed by atoms with E-state index >= 15 is 0 Å². The van der Waals surface area contributed by atoms with Gasteiger partial charge in [-0.15, -0.1) is 5.10 Å². The fraction of sp³-hybridized carbons (Fsp3) is 0.385. The Morgan fingerprint density at radius 3 is 2.80 bits per heavy atom. The first kappa shape index (κ1) is 14.9. The fourth-order valence-corrected chi connectivity index (χ4v) is 2.56. The van der Waals surface area contributed by atoms with Gasteiger partial charge < -0.3 is 5.11 Å². The Morgan fingerprint density at radius 1 is 1.45 bits per heavy atom. The summed E-state index contributed by atoms with van der Waals surface area (Å²) in [5, 5.41) is 20.8. The Hall–Kier alpha value is -1.51. The van der Waals surface area contributed by atoms with Crippen LogP contribution in [0.2, 0.25) is 0 Å². The zero-order valence-electron chi connectivity index (χ0n) is 11.2. The van der Waals surface area contributed by atoms with Gasteiger partial charge in [-0.1, -0.05) is 26.0 Å². The van der Waals surface area contributed by atoms with E-state index in [0.29, 0.717) is 5.82 Å². The van der Waals surface area contributed by atoms with Crippen LogP contribution < -0.4 is 0 Å². The third-order valence-electron chi connectivity index (χ3n) is 3.04. The third kappa shape index (κ3) is 3.33. The van der Waals surface area contributed by atoms with E-state index in [9.17, 15) is 4.79 Å². The maximum Gasteiger partial charge on any atom is 0.305 e. The number of hydrogen-bond donors (Lipinski definition) is 1. The van der Waals surface area contributed by atoms with Crippen molar-refractivity contribution in [2.45, 2.75) is 26.3 Å². The van der Waals surface area contributed by atoms with Crippen LogP contribution in [0.4, 0.5) is 0 Å². The number of tetrazole rings is 1. The van der Waals surface area contributed by atoms with Crippen molar-refractivity contribution in [3.8, 4) is 11.4 Å². The van der Waals surface area contributed by atoms with Crippen LogP contribution in [-0.2, 0) is 4.79 Å². The number of carboxylic acid groups (broad SMARTS) is 1. The van der Waals surface area contributed by atoms with Gasteiger partial charge in [-0.25, -0.2) is 4.68 Å². The Kier molecular flexibility index (Phi) is 4.69. The Morgan fingerprint density at radius 2 is 2.20 bits per heavy atom. The molecule has 0 aliphatic heterocycles. The van der Waals surface area contributed by atoms with Crippen LogP contribution in [-0.4, -0.2) is 31.3 Å². The third-order valence-corrected chi connectivity index (χ3v) is 3.71. The van der Waals surface area contributed by atoms with Crippen molar-refractivity contribution in [3.05, 3.63) is 27.8 Å². The van der Waals surface area contributed by atoms with Crippen molar-refractivity contribution in [2.24, 2.45) is 5.92 Å². The molecule has 0 radical (unpaired) electrons. The number of rotatable bonds is 5. The Labute approximate surface area is 130 Å². The SMILES string of the molecule is CC(C)C(CC(=O)O)n1nnnc1-c1cccc(I)c1. The fourth-order valence-electron chi connectivity index (χ4n) is 2.02. The lowest BCUT2D eigenvalue weighted by molar-refractivity contribution is -0.138. The standard InChI is InChI=1S/C13H15IN4O2/c1-8(2)11(7-12(19)20)18-13(15-16-17-18)9-4-3-5-10(14)6-9/h3-6,8,11H,7H2,1-2H3,(H,19,20). The summed E-state index contributed by atoms with van der Waals surface area (Å²) in [4.78, 5) is 11.0. The highest BCUT2D eigenvalue weighted by Crippen LogP contribution is 2.26. The minimum atomic E-state index is -0.854. The van der Waals surface area contributed by atoms with Crippen molar-refractivity contribution in [1.29, 1.82) is 0 Å². The molecule has 0 bridgehead atoms. The van der Waals surface area contributed by atoms with E-state index in [1.165, 1.54) is 0 Å². The van der Waals surface area contributed by atoms with E-state index in [0.717, 1.165) is 9.13 Å². The zero-order chi connectivity index (χ0) is 14.7. The molecule has 0 aliphatic rings. The predicted octanol–water partition coefficient (Wildman–Crippen LogP) is 2.62. The lowest BCUT2D eigenvalue weighted by Gasteiger charge is -2.20. The number of halogens is 1. The quantitative estimate of drug-likeness (QED) is 0.800. The maximum absolute atomic E-state index is 11.0. The minimum absolute atomic E-state index is 0.000365. The number of carbonyl (C=O) groups is 1. The van der Waals surface area contributed by atoms with Gasteiger partial charge in [-0.3, -0.25) is 4.79 Å². The van der Waals surface area contributed by atoms with Crippen molar-refractivity contribution in [1.82, 2.24) is 20.2 Å². The highest BCUT2D eigenvalue weighted by molar-refractivity contribution is 14.1. The largest absolute Gasteiger partial charge is 0.481 e. The molecule has 106 valence electrons. The second kappa shape index (κ2) is 6.29. The Balaban J connectivity index is 2.43. The van der Waals surface area contributed by atoms with Crippen molar-refractivity contribution in [3.63, 3.8) is 0 Å². The molecule has 0 saturated heterocycles. The lowest BCUT2D eigenvalue weighted by atomic mass is 10.0. The molecule has 1 unspecified atom stereocenters. The van der Waals surface area contributed by atoms with E-state index in [-0.39, 0.29) is 18.4 Å². The first-order chi connectivity index (χ1) is 9.49. The van der Waals surface area contributed by atoms with E-state index in [2.05, 4.69) is 38.1 Å². The number of nitrogens with zero attached hydrogens (tertiary/aromatic N) is 4. The number of benzene rings is 1. The summed E-state index contributed by atoms with van der Waals surface area (Å²) in [5.41, 5.74) is 0.887. The summed E-state index contributed by atoms with van der Waals surface area (Å²) < 4.78 is 2.69. The molecule has 1 aromatic carbocycles. The number of aliphatic carboxylic acids is 1. The molecule has 0 spiro atoms. The Bertz CT molecular complexity index is 612. The molecule has 0 fully saturated rings. The highest BCUT2D eigenvalue weighted by Gasteiger charge is 2.24.